The number of hydrogen-bond acceptors (Lipinski definition) is 5. The van der Waals surface area contributed by atoms with E-state index in [1.807, 2.05) is 54.6 Å². The number of rotatable bonds is 12. The molecule has 1 atom stereocenters. The van der Waals surface area contributed by atoms with Crippen molar-refractivity contribution < 1.29 is 24.2 Å². The molecule has 7 nitrogen and oxygen atoms in total. The minimum Gasteiger partial charge on any atom is -0.494 e. The number of hydrogen-bond donors (Lipinski definition) is 3. The van der Waals surface area contributed by atoms with Crippen LogP contribution in [0.5, 0.6) is 5.75 Å². The number of alkyl carbamates (subject to hydrolysis) is 1. The van der Waals surface area contributed by atoms with E-state index in [0.29, 0.717) is 6.61 Å². The molecule has 0 aliphatic carbocycles. The molecule has 1 saturated heterocycles. The van der Waals surface area contributed by atoms with Gasteiger partial charge in [0.05, 0.1) is 6.61 Å². The van der Waals surface area contributed by atoms with Crippen LogP contribution < -0.4 is 15.4 Å². The number of piperidine rings is 1. The van der Waals surface area contributed by atoms with Crippen LogP contribution in [0.15, 0.2) is 54.6 Å². The Bertz CT molecular complexity index is 897. The van der Waals surface area contributed by atoms with Gasteiger partial charge in [-0.05, 0) is 74.9 Å². The lowest BCUT2D eigenvalue weighted by atomic mass is 9.92. The first-order valence-corrected chi connectivity index (χ1v) is 12.1. The minimum atomic E-state index is -1.50. The number of ether oxygens (including phenoxy) is 2. The number of carbonyl (C=O) groups excluding carboxylic acids is 1. The van der Waals surface area contributed by atoms with Crippen LogP contribution in [0.4, 0.5) is 4.79 Å². The van der Waals surface area contributed by atoms with Gasteiger partial charge in [0.2, 0.25) is 0 Å². The van der Waals surface area contributed by atoms with Crippen LogP contribution in [0, 0.1) is 5.92 Å². The largest absolute Gasteiger partial charge is 0.494 e. The van der Waals surface area contributed by atoms with Crippen molar-refractivity contribution in [3.05, 3.63) is 65.7 Å². The first-order valence-electron chi connectivity index (χ1n) is 12.1. The summed E-state index contributed by atoms with van der Waals surface area (Å²) in [5.74, 6) is 0.476. The van der Waals surface area contributed by atoms with Crippen molar-refractivity contribution in [3.63, 3.8) is 0 Å². The molecular weight excluding hydrogens is 432 g/mol. The van der Waals surface area contributed by atoms with E-state index in [9.17, 15) is 14.7 Å². The fraction of sp³-hybridized carbons (Fsp3) is 0.481. The second kappa shape index (κ2) is 13.0. The Morgan fingerprint density at radius 3 is 2.41 bits per heavy atom. The van der Waals surface area contributed by atoms with Gasteiger partial charge in [0.25, 0.3) is 0 Å². The first kappa shape index (κ1) is 25.6. The standard InChI is InChI=1S/C27H36N2O5/c1-27(25(30)31,29-26(32)34-20-23-8-3-2-4-9-23)19-22-10-12-24(13-11-22)33-18-6-5-7-21-14-16-28-17-15-21/h2-4,8-13,21,28H,5-7,14-20H2,1H3,(H,29,32)(H,30,31)/t27-/m0/s1. The minimum absolute atomic E-state index is 0.0757. The van der Waals surface area contributed by atoms with Gasteiger partial charge in [0, 0.05) is 6.42 Å². The highest BCUT2D eigenvalue weighted by atomic mass is 16.5. The summed E-state index contributed by atoms with van der Waals surface area (Å²) in [6.45, 7) is 4.50. The van der Waals surface area contributed by atoms with Crippen molar-refractivity contribution in [1.82, 2.24) is 10.6 Å². The van der Waals surface area contributed by atoms with Crippen LogP contribution in [0.2, 0.25) is 0 Å². The number of benzene rings is 2. The predicted molar refractivity (Wildman–Crippen MR) is 131 cm³/mol. The van der Waals surface area contributed by atoms with E-state index < -0.39 is 17.6 Å². The van der Waals surface area contributed by atoms with Gasteiger partial charge in [-0.2, -0.15) is 0 Å². The maximum atomic E-state index is 12.2. The highest BCUT2D eigenvalue weighted by Gasteiger charge is 2.35. The third kappa shape index (κ3) is 8.37. The number of amides is 1. The quantitative estimate of drug-likeness (QED) is 0.396. The Hall–Kier alpha value is -3.06. The van der Waals surface area contributed by atoms with Gasteiger partial charge in [0.1, 0.15) is 17.9 Å². The molecule has 3 N–H and O–H groups in total. The molecule has 1 aliphatic rings. The lowest BCUT2D eigenvalue weighted by molar-refractivity contribution is -0.143. The van der Waals surface area contributed by atoms with Gasteiger partial charge >= 0.3 is 12.1 Å². The molecule has 2 aromatic rings. The molecule has 1 amide bonds. The Labute approximate surface area is 201 Å². The van der Waals surface area contributed by atoms with Gasteiger partial charge < -0.3 is 25.2 Å². The molecule has 34 heavy (non-hydrogen) atoms. The molecule has 2 aromatic carbocycles. The molecule has 0 radical (unpaired) electrons. The summed E-state index contributed by atoms with van der Waals surface area (Å²) in [7, 11) is 0. The summed E-state index contributed by atoms with van der Waals surface area (Å²) in [5, 5.41) is 15.6. The van der Waals surface area contributed by atoms with E-state index in [4.69, 9.17) is 9.47 Å². The summed E-state index contributed by atoms with van der Waals surface area (Å²) in [6, 6.07) is 16.6. The first-order chi connectivity index (χ1) is 16.4. The number of carboxylic acids is 1. The fourth-order valence-corrected chi connectivity index (χ4v) is 4.16. The Kier molecular flexibility index (Phi) is 9.76. The average molecular weight is 469 g/mol. The van der Waals surface area contributed by atoms with Crippen molar-refractivity contribution in [3.8, 4) is 5.75 Å². The second-order valence-electron chi connectivity index (χ2n) is 9.18. The molecular formula is C27H36N2O5. The Balaban J connectivity index is 1.42. The highest BCUT2D eigenvalue weighted by molar-refractivity contribution is 5.84. The highest BCUT2D eigenvalue weighted by Crippen LogP contribution is 2.20. The van der Waals surface area contributed by atoms with Gasteiger partial charge in [0.15, 0.2) is 0 Å². The summed E-state index contributed by atoms with van der Waals surface area (Å²) in [6.07, 6.45) is 5.37. The van der Waals surface area contributed by atoms with Crippen LogP contribution in [0.1, 0.15) is 50.2 Å². The monoisotopic (exact) mass is 468 g/mol. The second-order valence-corrected chi connectivity index (χ2v) is 9.18. The van der Waals surface area contributed by atoms with Crippen molar-refractivity contribution in [1.29, 1.82) is 0 Å². The van der Waals surface area contributed by atoms with Gasteiger partial charge in [-0.15, -0.1) is 0 Å². The number of carbonyl (C=O) groups is 2. The van der Waals surface area contributed by atoms with E-state index in [1.165, 1.54) is 32.6 Å². The molecule has 0 bridgehead atoms. The molecule has 7 heteroatoms. The third-order valence-corrected chi connectivity index (χ3v) is 6.28. The molecule has 1 aliphatic heterocycles. The van der Waals surface area contributed by atoms with Crippen molar-refractivity contribution in [2.75, 3.05) is 19.7 Å². The fourth-order valence-electron chi connectivity index (χ4n) is 4.16. The molecule has 0 spiro atoms. The van der Waals surface area contributed by atoms with Gasteiger partial charge in [-0.3, -0.25) is 0 Å². The smallest absolute Gasteiger partial charge is 0.408 e. The molecule has 1 fully saturated rings. The van der Waals surface area contributed by atoms with Gasteiger partial charge in [-0.1, -0.05) is 48.9 Å². The Morgan fingerprint density at radius 1 is 1.03 bits per heavy atom. The zero-order chi connectivity index (χ0) is 24.2. The summed E-state index contributed by atoms with van der Waals surface area (Å²) in [5.41, 5.74) is 0.119. The van der Waals surface area contributed by atoms with E-state index in [2.05, 4.69) is 10.6 Å². The number of unbranched alkanes of at least 4 members (excludes halogenated alkanes) is 1. The van der Waals surface area contributed by atoms with E-state index in [0.717, 1.165) is 42.3 Å². The van der Waals surface area contributed by atoms with Crippen LogP contribution >= 0.6 is 0 Å². The summed E-state index contributed by atoms with van der Waals surface area (Å²) >= 11 is 0. The molecule has 0 aromatic heterocycles. The van der Waals surface area contributed by atoms with Crippen LogP contribution in [-0.4, -0.2) is 42.4 Å². The zero-order valence-electron chi connectivity index (χ0n) is 19.9. The Morgan fingerprint density at radius 2 is 1.74 bits per heavy atom. The normalized spacial score (nSPS) is 15.8. The summed E-state index contributed by atoms with van der Waals surface area (Å²) < 4.78 is 11.0. The number of nitrogens with one attached hydrogen (secondary N) is 2. The lowest BCUT2D eigenvalue weighted by Gasteiger charge is -2.26. The molecule has 0 unspecified atom stereocenters. The lowest BCUT2D eigenvalue weighted by Crippen LogP contribution is -2.53. The van der Waals surface area contributed by atoms with Crippen LogP contribution in [0.25, 0.3) is 0 Å². The van der Waals surface area contributed by atoms with E-state index >= 15 is 0 Å². The van der Waals surface area contributed by atoms with Crippen molar-refractivity contribution in [2.45, 2.75) is 57.6 Å². The SMILES string of the molecule is C[C@@](Cc1ccc(OCCCCC2CCNCC2)cc1)(NC(=O)OCc1ccccc1)C(=O)O. The maximum Gasteiger partial charge on any atom is 0.408 e. The van der Waals surface area contributed by atoms with Crippen molar-refractivity contribution >= 4 is 12.1 Å². The summed E-state index contributed by atoms with van der Waals surface area (Å²) in [4.78, 5) is 24.2. The third-order valence-electron chi connectivity index (χ3n) is 6.28. The van der Waals surface area contributed by atoms with E-state index in [-0.39, 0.29) is 13.0 Å². The predicted octanol–water partition coefficient (Wildman–Crippen LogP) is 4.55. The number of aliphatic carboxylic acids is 1. The van der Waals surface area contributed by atoms with Crippen molar-refractivity contribution in [2.24, 2.45) is 5.92 Å². The molecule has 1 heterocycles. The molecule has 0 saturated carbocycles. The van der Waals surface area contributed by atoms with Gasteiger partial charge in [-0.25, -0.2) is 9.59 Å². The number of carboxylic acid groups (broad SMARTS) is 1. The average Bonchev–Trinajstić information content (AvgIpc) is 2.85. The van der Waals surface area contributed by atoms with E-state index in [1.54, 1.807) is 0 Å². The zero-order valence-corrected chi connectivity index (χ0v) is 19.9. The van der Waals surface area contributed by atoms with Crippen LogP contribution in [-0.2, 0) is 22.6 Å². The topological polar surface area (TPSA) is 96.9 Å². The molecule has 184 valence electrons. The van der Waals surface area contributed by atoms with Crippen LogP contribution in [0.3, 0.4) is 0 Å². The maximum absolute atomic E-state index is 12.2. The molecule has 3 rings (SSSR count).